The molecule has 0 aliphatic rings. The van der Waals surface area contributed by atoms with Crippen LogP contribution in [0.3, 0.4) is 0 Å². The fraction of sp³-hybridized carbons (Fsp3) is 0.286. The Hall–Kier alpha value is -1.88. The maximum absolute atomic E-state index is 11.1. The lowest BCUT2D eigenvalue weighted by atomic mass is 10.1. The van der Waals surface area contributed by atoms with Gasteiger partial charge in [-0.05, 0) is 31.4 Å². The van der Waals surface area contributed by atoms with Gasteiger partial charge < -0.3 is 10.4 Å². The number of carbonyl (C=O) groups is 1. The summed E-state index contributed by atoms with van der Waals surface area (Å²) in [6, 6.07) is 6.03. The standard InChI is InChI=1S/C14H16N2O2S/c1-4-10-12(13(17)18)19-14(15-10)16-11-8(2)6-5-7-9(11)3/h5-7H,4H2,1-3H3,(H,15,16)(H,17,18). The van der Waals surface area contributed by atoms with E-state index in [0.717, 1.165) is 16.8 Å². The molecule has 0 fully saturated rings. The van der Waals surface area contributed by atoms with Crippen molar-refractivity contribution in [3.8, 4) is 0 Å². The Morgan fingerprint density at radius 3 is 2.47 bits per heavy atom. The largest absolute Gasteiger partial charge is 0.477 e. The highest BCUT2D eigenvalue weighted by molar-refractivity contribution is 7.17. The van der Waals surface area contributed by atoms with Gasteiger partial charge in [-0.25, -0.2) is 9.78 Å². The topological polar surface area (TPSA) is 62.2 Å². The average molecular weight is 276 g/mol. The lowest BCUT2D eigenvalue weighted by molar-refractivity contribution is 0.0701. The summed E-state index contributed by atoms with van der Waals surface area (Å²) < 4.78 is 0. The van der Waals surface area contributed by atoms with Crippen LogP contribution >= 0.6 is 11.3 Å². The Balaban J connectivity index is 2.36. The molecule has 0 amide bonds. The van der Waals surface area contributed by atoms with E-state index in [4.69, 9.17) is 5.11 Å². The summed E-state index contributed by atoms with van der Waals surface area (Å²) in [5.74, 6) is -0.913. The number of carboxylic acids is 1. The summed E-state index contributed by atoms with van der Waals surface area (Å²) in [7, 11) is 0. The fourth-order valence-corrected chi connectivity index (χ4v) is 2.83. The number of para-hydroxylation sites is 1. The van der Waals surface area contributed by atoms with Gasteiger partial charge in [0.15, 0.2) is 5.13 Å². The number of nitrogens with zero attached hydrogens (tertiary/aromatic N) is 1. The van der Waals surface area contributed by atoms with Crippen LogP contribution in [0.25, 0.3) is 0 Å². The summed E-state index contributed by atoms with van der Waals surface area (Å²) in [5.41, 5.74) is 3.86. The van der Waals surface area contributed by atoms with Gasteiger partial charge in [-0.3, -0.25) is 0 Å². The summed E-state index contributed by atoms with van der Waals surface area (Å²) in [4.78, 5) is 15.8. The van der Waals surface area contributed by atoms with Crippen LogP contribution in [0.4, 0.5) is 10.8 Å². The minimum Gasteiger partial charge on any atom is -0.477 e. The molecule has 2 N–H and O–H groups in total. The van der Waals surface area contributed by atoms with Gasteiger partial charge in [0.25, 0.3) is 0 Å². The highest BCUT2D eigenvalue weighted by atomic mass is 32.1. The SMILES string of the molecule is CCc1nc(Nc2c(C)cccc2C)sc1C(=O)O. The smallest absolute Gasteiger partial charge is 0.347 e. The van der Waals surface area contributed by atoms with E-state index in [2.05, 4.69) is 10.3 Å². The van der Waals surface area contributed by atoms with E-state index in [0.29, 0.717) is 22.1 Å². The first kappa shape index (κ1) is 13.5. The maximum atomic E-state index is 11.1. The van der Waals surface area contributed by atoms with E-state index in [1.165, 1.54) is 11.3 Å². The Morgan fingerprint density at radius 2 is 2.00 bits per heavy atom. The molecule has 0 saturated heterocycles. The molecule has 0 bridgehead atoms. The molecule has 2 rings (SSSR count). The van der Waals surface area contributed by atoms with Crippen molar-refractivity contribution >= 4 is 28.1 Å². The third kappa shape index (κ3) is 2.76. The second-order valence-electron chi connectivity index (χ2n) is 4.35. The van der Waals surface area contributed by atoms with Crippen LogP contribution in [0.15, 0.2) is 18.2 Å². The van der Waals surface area contributed by atoms with Crippen molar-refractivity contribution in [3.63, 3.8) is 0 Å². The molecule has 0 saturated carbocycles. The summed E-state index contributed by atoms with van der Waals surface area (Å²) in [5, 5.41) is 13.0. The minimum absolute atomic E-state index is 0.316. The second-order valence-corrected chi connectivity index (χ2v) is 5.34. The van der Waals surface area contributed by atoms with Crippen LogP contribution in [0.1, 0.15) is 33.4 Å². The summed E-state index contributed by atoms with van der Waals surface area (Å²) >= 11 is 1.18. The van der Waals surface area contributed by atoms with Crippen LogP contribution in [-0.4, -0.2) is 16.1 Å². The van der Waals surface area contributed by atoms with Crippen LogP contribution < -0.4 is 5.32 Å². The zero-order chi connectivity index (χ0) is 14.0. The average Bonchev–Trinajstić information content (AvgIpc) is 2.77. The van der Waals surface area contributed by atoms with Crippen molar-refractivity contribution in [3.05, 3.63) is 39.9 Å². The van der Waals surface area contributed by atoms with Gasteiger partial charge in [-0.15, -0.1) is 0 Å². The summed E-state index contributed by atoms with van der Waals surface area (Å²) in [6.07, 6.45) is 0.618. The van der Waals surface area contributed by atoms with Crippen molar-refractivity contribution in [1.29, 1.82) is 0 Å². The minimum atomic E-state index is -0.913. The van der Waals surface area contributed by atoms with E-state index in [1.807, 2.05) is 39.0 Å². The summed E-state index contributed by atoms with van der Waals surface area (Å²) in [6.45, 7) is 5.94. The predicted molar refractivity (Wildman–Crippen MR) is 77.7 cm³/mol. The molecule has 0 spiro atoms. The van der Waals surface area contributed by atoms with Crippen molar-refractivity contribution in [2.45, 2.75) is 27.2 Å². The zero-order valence-electron chi connectivity index (χ0n) is 11.2. The van der Waals surface area contributed by atoms with E-state index < -0.39 is 5.97 Å². The highest BCUT2D eigenvalue weighted by Gasteiger charge is 2.16. The number of hydrogen-bond donors (Lipinski definition) is 2. The molecule has 1 aromatic carbocycles. The number of anilines is 2. The Bertz CT molecular complexity index is 600. The van der Waals surface area contributed by atoms with Gasteiger partial charge in [-0.1, -0.05) is 36.5 Å². The van der Waals surface area contributed by atoms with Gasteiger partial charge in [-0.2, -0.15) is 0 Å². The number of aromatic carboxylic acids is 1. The number of nitrogens with one attached hydrogen (secondary N) is 1. The molecule has 1 heterocycles. The molecule has 100 valence electrons. The fourth-order valence-electron chi connectivity index (χ4n) is 1.93. The third-order valence-electron chi connectivity index (χ3n) is 2.94. The first-order chi connectivity index (χ1) is 9.02. The van der Waals surface area contributed by atoms with Gasteiger partial charge >= 0.3 is 5.97 Å². The third-order valence-corrected chi connectivity index (χ3v) is 3.94. The van der Waals surface area contributed by atoms with E-state index in [-0.39, 0.29) is 0 Å². The second kappa shape index (κ2) is 5.40. The molecule has 1 aromatic heterocycles. The van der Waals surface area contributed by atoms with Crippen LogP contribution in [-0.2, 0) is 6.42 Å². The molecule has 2 aromatic rings. The van der Waals surface area contributed by atoms with Gasteiger partial charge in [0.1, 0.15) is 4.88 Å². The Labute approximate surface area is 116 Å². The molecule has 0 atom stereocenters. The van der Waals surface area contributed by atoms with Crippen molar-refractivity contribution in [2.24, 2.45) is 0 Å². The number of thiazole rings is 1. The van der Waals surface area contributed by atoms with E-state index >= 15 is 0 Å². The number of aryl methyl sites for hydroxylation is 3. The predicted octanol–water partition coefficient (Wildman–Crippen LogP) is 3.76. The lowest BCUT2D eigenvalue weighted by Gasteiger charge is -2.09. The van der Waals surface area contributed by atoms with Crippen LogP contribution in [0.2, 0.25) is 0 Å². The number of benzene rings is 1. The quantitative estimate of drug-likeness (QED) is 0.892. The number of aromatic nitrogens is 1. The Morgan fingerprint density at radius 1 is 1.37 bits per heavy atom. The Kier molecular flexibility index (Phi) is 3.85. The van der Waals surface area contributed by atoms with E-state index in [9.17, 15) is 4.79 Å². The molecule has 0 radical (unpaired) electrons. The van der Waals surface area contributed by atoms with Crippen LogP contribution in [0, 0.1) is 13.8 Å². The first-order valence-corrected chi connectivity index (χ1v) is 6.90. The maximum Gasteiger partial charge on any atom is 0.347 e. The molecule has 5 heteroatoms. The molecule has 0 aliphatic heterocycles. The van der Waals surface area contributed by atoms with E-state index in [1.54, 1.807) is 0 Å². The van der Waals surface area contributed by atoms with Crippen LogP contribution in [0.5, 0.6) is 0 Å². The van der Waals surface area contributed by atoms with Crippen molar-refractivity contribution in [1.82, 2.24) is 4.98 Å². The monoisotopic (exact) mass is 276 g/mol. The molecule has 19 heavy (non-hydrogen) atoms. The first-order valence-electron chi connectivity index (χ1n) is 6.09. The number of rotatable bonds is 4. The lowest BCUT2D eigenvalue weighted by Crippen LogP contribution is -1.97. The zero-order valence-corrected chi connectivity index (χ0v) is 12.0. The highest BCUT2D eigenvalue weighted by Crippen LogP contribution is 2.29. The molecule has 0 aliphatic carbocycles. The van der Waals surface area contributed by atoms with Gasteiger partial charge in [0.05, 0.1) is 5.69 Å². The van der Waals surface area contributed by atoms with Gasteiger partial charge in [0.2, 0.25) is 0 Å². The molecular weight excluding hydrogens is 260 g/mol. The van der Waals surface area contributed by atoms with Gasteiger partial charge in [0, 0.05) is 5.69 Å². The normalized spacial score (nSPS) is 10.5. The van der Waals surface area contributed by atoms with Crippen molar-refractivity contribution in [2.75, 3.05) is 5.32 Å². The van der Waals surface area contributed by atoms with Crippen molar-refractivity contribution < 1.29 is 9.90 Å². The molecular formula is C14H16N2O2S. The molecule has 4 nitrogen and oxygen atoms in total. The number of carboxylic acid groups (broad SMARTS) is 1. The molecule has 0 unspecified atom stereocenters. The number of hydrogen-bond acceptors (Lipinski definition) is 4.